The van der Waals surface area contributed by atoms with E-state index in [9.17, 15) is 14.4 Å². The van der Waals surface area contributed by atoms with Crippen LogP contribution in [0.4, 0.5) is 5.69 Å². The first kappa shape index (κ1) is 16.5. The Kier molecular flexibility index (Phi) is 5.00. The first-order chi connectivity index (χ1) is 11.0. The number of esters is 1. The first-order valence-electron chi connectivity index (χ1n) is 7.00. The lowest BCUT2D eigenvalue weighted by molar-refractivity contribution is -0.139. The van der Waals surface area contributed by atoms with E-state index in [1.165, 1.54) is 7.11 Å². The quantitative estimate of drug-likeness (QED) is 0.814. The summed E-state index contributed by atoms with van der Waals surface area (Å²) in [6, 6.07) is 6.75. The second kappa shape index (κ2) is 6.95. The molecule has 0 aromatic heterocycles. The standard InChI is InChI=1S/C16H18N2O5/c1-9-14(16(21)23-3)12(8-13(19)17-9)15(20)18-10-4-6-11(22-2)7-5-10/h4-7,12H,8H2,1-3H3,(H,17,19)(H,18,20). The molecular formula is C16H18N2O5. The maximum atomic E-state index is 12.5. The number of anilines is 1. The van der Waals surface area contributed by atoms with Crippen LogP contribution >= 0.6 is 0 Å². The van der Waals surface area contributed by atoms with Crippen molar-refractivity contribution in [2.75, 3.05) is 19.5 Å². The van der Waals surface area contributed by atoms with Crippen molar-refractivity contribution < 1.29 is 23.9 Å². The highest BCUT2D eigenvalue weighted by Gasteiger charge is 2.36. The molecule has 1 heterocycles. The average Bonchev–Trinajstić information content (AvgIpc) is 2.54. The van der Waals surface area contributed by atoms with E-state index in [1.807, 2.05) is 0 Å². The van der Waals surface area contributed by atoms with Crippen LogP contribution in [0.1, 0.15) is 13.3 Å². The van der Waals surface area contributed by atoms with Gasteiger partial charge in [0.25, 0.3) is 0 Å². The molecule has 1 aliphatic heterocycles. The molecule has 7 nitrogen and oxygen atoms in total. The molecule has 122 valence electrons. The van der Waals surface area contributed by atoms with Gasteiger partial charge in [0.1, 0.15) is 5.75 Å². The average molecular weight is 318 g/mol. The fourth-order valence-electron chi connectivity index (χ4n) is 2.41. The first-order valence-corrected chi connectivity index (χ1v) is 7.00. The summed E-state index contributed by atoms with van der Waals surface area (Å²) in [5.41, 5.74) is 1.05. The minimum absolute atomic E-state index is 0.107. The Morgan fingerprint density at radius 1 is 1.22 bits per heavy atom. The van der Waals surface area contributed by atoms with Crippen LogP contribution in [0.15, 0.2) is 35.5 Å². The van der Waals surface area contributed by atoms with Gasteiger partial charge < -0.3 is 20.1 Å². The van der Waals surface area contributed by atoms with E-state index in [2.05, 4.69) is 10.6 Å². The van der Waals surface area contributed by atoms with Gasteiger partial charge in [-0.1, -0.05) is 0 Å². The van der Waals surface area contributed by atoms with Crippen LogP contribution in [0, 0.1) is 5.92 Å². The number of benzene rings is 1. The van der Waals surface area contributed by atoms with Crippen molar-refractivity contribution in [2.45, 2.75) is 13.3 Å². The highest BCUT2D eigenvalue weighted by molar-refractivity contribution is 6.06. The molecule has 1 atom stereocenters. The topological polar surface area (TPSA) is 93.7 Å². The van der Waals surface area contributed by atoms with Gasteiger partial charge in [-0.15, -0.1) is 0 Å². The summed E-state index contributed by atoms with van der Waals surface area (Å²) in [5, 5.41) is 5.25. The molecule has 1 aromatic rings. The van der Waals surface area contributed by atoms with Gasteiger partial charge >= 0.3 is 5.97 Å². The monoisotopic (exact) mass is 318 g/mol. The Balaban J connectivity index is 2.22. The third-order valence-electron chi connectivity index (χ3n) is 3.55. The summed E-state index contributed by atoms with van der Waals surface area (Å²) in [5.74, 6) is -1.61. The Bertz CT molecular complexity index is 664. The van der Waals surface area contributed by atoms with Crippen molar-refractivity contribution in [1.82, 2.24) is 5.32 Å². The van der Waals surface area contributed by atoms with E-state index >= 15 is 0 Å². The number of hydrogen-bond acceptors (Lipinski definition) is 5. The molecule has 0 spiro atoms. The zero-order valence-electron chi connectivity index (χ0n) is 13.1. The van der Waals surface area contributed by atoms with E-state index in [1.54, 1.807) is 38.3 Å². The summed E-state index contributed by atoms with van der Waals surface area (Å²) < 4.78 is 9.76. The molecule has 1 aromatic carbocycles. The number of nitrogens with one attached hydrogen (secondary N) is 2. The molecule has 0 bridgehead atoms. The van der Waals surface area contributed by atoms with E-state index in [4.69, 9.17) is 9.47 Å². The van der Waals surface area contributed by atoms with Gasteiger partial charge in [0, 0.05) is 17.8 Å². The third kappa shape index (κ3) is 3.68. The molecule has 0 radical (unpaired) electrons. The zero-order chi connectivity index (χ0) is 17.0. The predicted octanol–water partition coefficient (Wildman–Crippen LogP) is 1.22. The van der Waals surface area contributed by atoms with Crippen molar-refractivity contribution >= 4 is 23.5 Å². The van der Waals surface area contributed by atoms with Crippen molar-refractivity contribution in [2.24, 2.45) is 5.92 Å². The normalized spacial score (nSPS) is 17.3. The van der Waals surface area contributed by atoms with E-state index in [-0.39, 0.29) is 17.9 Å². The molecule has 0 saturated carbocycles. The summed E-state index contributed by atoms with van der Waals surface area (Å²) in [6.45, 7) is 1.57. The van der Waals surface area contributed by atoms with Gasteiger partial charge in [0.15, 0.2) is 0 Å². The number of hydrogen-bond donors (Lipinski definition) is 2. The smallest absolute Gasteiger partial charge is 0.336 e. The van der Waals surface area contributed by atoms with Gasteiger partial charge in [-0.05, 0) is 31.2 Å². The Labute approximate surface area is 133 Å². The van der Waals surface area contributed by atoms with Crippen LogP contribution in [0.5, 0.6) is 5.75 Å². The number of carbonyl (C=O) groups excluding carboxylic acids is 3. The molecule has 2 amide bonds. The van der Waals surface area contributed by atoms with Crippen LogP contribution < -0.4 is 15.4 Å². The lowest BCUT2D eigenvalue weighted by Crippen LogP contribution is -2.40. The van der Waals surface area contributed by atoms with E-state index < -0.39 is 17.8 Å². The van der Waals surface area contributed by atoms with E-state index in [0.29, 0.717) is 17.1 Å². The van der Waals surface area contributed by atoms with Gasteiger partial charge in [-0.3, -0.25) is 9.59 Å². The summed E-state index contributed by atoms with van der Waals surface area (Å²) in [4.78, 5) is 36.1. The zero-order valence-corrected chi connectivity index (χ0v) is 13.1. The van der Waals surface area contributed by atoms with Crippen LogP contribution in [0.3, 0.4) is 0 Å². The van der Waals surface area contributed by atoms with Gasteiger partial charge in [-0.25, -0.2) is 4.79 Å². The predicted molar refractivity (Wildman–Crippen MR) is 82.6 cm³/mol. The summed E-state index contributed by atoms with van der Waals surface area (Å²) >= 11 is 0. The number of ether oxygens (including phenoxy) is 2. The van der Waals surface area contributed by atoms with Gasteiger partial charge in [-0.2, -0.15) is 0 Å². The Morgan fingerprint density at radius 3 is 2.43 bits per heavy atom. The maximum absolute atomic E-state index is 12.5. The fourth-order valence-corrected chi connectivity index (χ4v) is 2.41. The molecule has 0 aliphatic carbocycles. The molecule has 2 N–H and O–H groups in total. The van der Waals surface area contributed by atoms with Gasteiger partial charge in [0.2, 0.25) is 11.8 Å². The highest BCUT2D eigenvalue weighted by atomic mass is 16.5. The largest absolute Gasteiger partial charge is 0.497 e. The van der Waals surface area contributed by atoms with Gasteiger partial charge in [0.05, 0.1) is 25.7 Å². The maximum Gasteiger partial charge on any atom is 0.336 e. The second-order valence-electron chi connectivity index (χ2n) is 5.05. The molecular weight excluding hydrogens is 300 g/mol. The lowest BCUT2D eigenvalue weighted by Gasteiger charge is -2.25. The van der Waals surface area contributed by atoms with Crippen LogP contribution in [0.25, 0.3) is 0 Å². The molecule has 0 saturated heterocycles. The molecule has 1 unspecified atom stereocenters. The number of amides is 2. The summed E-state index contributed by atoms with van der Waals surface area (Å²) in [6.07, 6.45) is -0.107. The highest BCUT2D eigenvalue weighted by Crippen LogP contribution is 2.26. The minimum Gasteiger partial charge on any atom is -0.497 e. The van der Waals surface area contributed by atoms with Crippen LogP contribution in [-0.2, 0) is 19.1 Å². The van der Waals surface area contributed by atoms with Crippen molar-refractivity contribution in [3.63, 3.8) is 0 Å². The van der Waals surface area contributed by atoms with Crippen molar-refractivity contribution in [1.29, 1.82) is 0 Å². The molecule has 7 heteroatoms. The molecule has 23 heavy (non-hydrogen) atoms. The van der Waals surface area contributed by atoms with Crippen molar-refractivity contribution in [3.8, 4) is 5.75 Å². The molecule has 0 fully saturated rings. The van der Waals surface area contributed by atoms with Crippen molar-refractivity contribution in [3.05, 3.63) is 35.5 Å². The fraction of sp³-hybridized carbons (Fsp3) is 0.312. The summed E-state index contributed by atoms with van der Waals surface area (Å²) in [7, 11) is 2.78. The van der Waals surface area contributed by atoms with Crippen LogP contribution in [-0.4, -0.2) is 32.0 Å². The molecule has 1 aliphatic rings. The van der Waals surface area contributed by atoms with E-state index in [0.717, 1.165) is 0 Å². The molecule has 2 rings (SSSR count). The van der Waals surface area contributed by atoms with Crippen LogP contribution in [0.2, 0.25) is 0 Å². The number of carbonyl (C=O) groups is 3. The second-order valence-corrected chi connectivity index (χ2v) is 5.05. The minimum atomic E-state index is -0.890. The number of rotatable bonds is 4. The Hall–Kier alpha value is -2.83. The lowest BCUT2D eigenvalue weighted by atomic mass is 9.89. The Morgan fingerprint density at radius 2 is 1.87 bits per heavy atom. The SMILES string of the molecule is COC(=O)C1=C(C)NC(=O)CC1C(=O)Nc1ccc(OC)cc1. The third-order valence-corrected chi connectivity index (χ3v) is 3.55. The number of allylic oxidation sites excluding steroid dienone is 1. The number of methoxy groups -OCH3 is 2.